The predicted molar refractivity (Wildman–Crippen MR) is 147 cm³/mol. The molecule has 1 fully saturated rings. The van der Waals surface area contributed by atoms with Crippen molar-refractivity contribution in [1.29, 1.82) is 0 Å². The molecule has 1 saturated heterocycles. The van der Waals surface area contributed by atoms with Gasteiger partial charge in [-0.2, -0.15) is 4.31 Å². The van der Waals surface area contributed by atoms with E-state index in [1.54, 1.807) is 48.5 Å². The van der Waals surface area contributed by atoms with Crippen molar-refractivity contribution in [3.8, 4) is 0 Å². The molecule has 9 nitrogen and oxygen atoms in total. The molecule has 1 aliphatic heterocycles. The number of nitrogens with one attached hydrogen (secondary N) is 2. The van der Waals surface area contributed by atoms with Crippen molar-refractivity contribution in [2.45, 2.75) is 64.9 Å². The summed E-state index contributed by atoms with van der Waals surface area (Å²) in [6, 6.07) is 12.7. The van der Waals surface area contributed by atoms with Crippen LogP contribution in [0.25, 0.3) is 0 Å². The molecule has 2 aromatic rings. The highest BCUT2D eigenvalue weighted by atomic mass is 32.2. The van der Waals surface area contributed by atoms with Gasteiger partial charge >= 0.3 is 0 Å². The number of carbonyl (C=O) groups is 3. The lowest BCUT2D eigenvalue weighted by Gasteiger charge is -2.39. The number of piperazine rings is 1. The molecule has 2 N–H and O–H groups in total. The molecular weight excluding hydrogens is 504 g/mol. The first-order valence-electron chi connectivity index (χ1n) is 12.8. The zero-order chi connectivity index (χ0) is 28.3. The summed E-state index contributed by atoms with van der Waals surface area (Å²) in [6.07, 6.45) is 0. The first-order chi connectivity index (χ1) is 17.7. The van der Waals surface area contributed by atoms with E-state index in [0.717, 1.165) is 11.1 Å². The lowest BCUT2D eigenvalue weighted by molar-refractivity contribution is -0.134. The molecule has 10 heteroatoms. The van der Waals surface area contributed by atoms with E-state index in [4.69, 9.17) is 0 Å². The van der Waals surface area contributed by atoms with Gasteiger partial charge in [0.15, 0.2) is 0 Å². The lowest BCUT2D eigenvalue weighted by atomic mass is 9.95. The Bertz CT molecular complexity index is 1270. The van der Waals surface area contributed by atoms with Crippen LogP contribution in [0.15, 0.2) is 53.4 Å². The zero-order valence-electron chi connectivity index (χ0n) is 22.9. The Labute approximate surface area is 225 Å². The topological polar surface area (TPSA) is 116 Å². The number of rotatable bonds is 7. The van der Waals surface area contributed by atoms with Crippen molar-refractivity contribution < 1.29 is 22.8 Å². The first-order valence-corrected chi connectivity index (χ1v) is 14.2. The number of benzene rings is 2. The highest BCUT2D eigenvalue weighted by molar-refractivity contribution is 7.89. The van der Waals surface area contributed by atoms with Gasteiger partial charge in [0.05, 0.1) is 4.90 Å². The summed E-state index contributed by atoms with van der Waals surface area (Å²) in [6.45, 7) is 11.3. The van der Waals surface area contributed by atoms with Crippen molar-refractivity contribution in [3.05, 3.63) is 59.7 Å². The number of nitrogens with zero attached hydrogens (tertiary/aromatic N) is 2. The van der Waals surface area contributed by atoms with Crippen molar-refractivity contribution in [1.82, 2.24) is 14.5 Å². The SMILES string of the molecule is CC(=O)N1CCN(S(=O)(=O)c2ccc(C(C)C)cc2)C(C(=O)NCc2ccc(NC(=O)C(C)(C)C)cc2)C1. The Hall–Kier alpha value is -3.24. The van der Waals surface area contributed by atoms with Crippen molar-refractivity contribution in [2.75, 3.05) is 25.0 Å². The molecule has 3 amide bonds. The van der Waals surface area contributed by atoms with E-state index in [1.807, 2.05) is 34.6 Å². The third kappa shape index (κ3) is 6.99. The quantitative estimate of drug-likeness (QED) is 0.557. The fourth-order valence-electron chi connectivity index (χ4n) is 4.05. The Kier molecular flexibility index (Phi) is 8.99. The maximum Gasteiger partial charge on any atom is 0.243 e. The minimum absolute atomic E-state index is 0.0219. The summed E-state index contributed by atoms with van der Waals surface area (Å²) < 4.78 is 28.3. The summed E-state index contributed by atoms with van der Waals surface area (Å²) in [5.41, 5.74) is 1.92. The number of sulfonamides is 1. The number of amides is 3. The summed E-state index contributed by atoms with van der Waals surface area (Å²) >= 11 is 0. The van der Waals surface area contributed by atoms with Gasteiger partial charge in [-0.05, 0) is 41.3 Å². The fraction of sp³-hybridized carbons (Fsp3) is 0.464. The molecule has 0 radical (unpaired) electrons. The Balaban J connectivity index is 1.75. The molecule has 0 aliphatic carbocycles. The van der Waals surface area contributed by atoms with Gasteiger partial charge in [0.25, 0.3) is 0 Å². The third-order valence-electron chi connectivity index (χ3n) is 6.59. The van der Waals surface area contributed by atoms with Gasteiger partial charge in [-0.15, -0.1) is 0 Å². The second-order valence-corrected chi connectivity index (χ2v) is 12.8. The summed E-state index contributed by atoms with van der Waals surface area (Å²) in [7, 11) is -3.97. The normalized spacial score (nSPS) is 16.8. The highest BCUT2D eigenvalue weighted by Crippen LogP contribution is 2.24. The van der Waals surface area contributed by atoms with E-state index < -0.39 is 27.4 Å². The van der Waals surface area contributed by atoms with Crippen LogP contribution in [0, 0.1) is 5.41 Å². The molecule has 38 heavy (non-hydrogen) atoms. The lowest BCUT2D eigenvalue weighted by Crippen LogP contribution is -2.61. The molecule has 3 rings (SSSR count). The van der Waals surface area contributed by atoms with Crippen molar-refractivity contribution in [2.24, 2.45) is 5.41 Å². The molecule has 0 bridgehead atoms. The number of hydrogen-bond acceptors (Lipinski definition) is 5. The molecular formula is C28H38N4O5S. The standard InChI is InChI=1S/C28H38N4O5S/c1-19(2)22-9-13-24(14-10-22)38(36,37)32-16-15-31(20(3)33)18-25(32)26(34)29-17-21-7-11-23(12-8-21)30-27(35)28(4,5)6/h7-14,19,25H,15-18H2,1-6H3,(H,29,34)(H,30,35). The Morgan fingerprint density at radius 3 is 2.11 bits per heavy atom. The van der Waals surface area contributed by atoms with Crippen LogP contribution in [-0.4, -0.2) is 61.0 Å². The molecule has 1 atom stereocenters. The van der Waals surface area contributed by atoms with Crippen LogP contribution in [0.4, 0.5) is 5.69 Å². The van der Waals surface area contributed by atoms with Gasteiger partial charge in [-0.3, -0.25) is 14.4 Å². The number of hydrogen-bond donors (Lipinski definition) is 2. The zero-order valence-corrected chi connectivity index (χ0v) is 23.8. The molecule has 1 aliphatic rings. The predicted octanol–water partition coefficient (Wildman–Crippen LogP) is 3.33. The van der Waals surface area contributed by atoms with E-state index in [0.29, 0.717) is 5.69 Å². The Morgan fingerprint density at radius 2 is 1.58 bits per heavy atom. The van der Waals surface area contributed by atoms with Gasteiger partial charge in [-0.1, -0.05) is 58.9 Å². The number of carbonyl (C=O) groups excluding carboxylic acids is 3. The largest absolute Gasteiger partial charge is 0.351 e. The van der Waals surface area contributed by atoms with Gasteiger partial charge in [0.2, 0.25) is 27.7 Å². The average molecular weight is 543 g/mol. The van der Waals surface area contributed by atoms with E-state index in [1.165, 1.54) is 16.1 Å². The number of anilines is 1. The van der Waals surface area contributed by atoms with E-state index in [2.05, 4.69) is 10.6 Å². The van der Waals surface area contributed by atoms with E-state index in [-0.39, 0.29) is 48.8 Å². The molecule has 206 valence electrons. The first kappa shape index (κ1) is 29.3. The van der Waals surface area contributed by atoms with Gasteiger partial charge in [0, 0.05) is 44.2 Å². The summed E-state index contributed by atoms with van der Waals surface area (Å²) in [5.74, 6) is -0.545. The molecule has 2 aromatic carbocycles. The second-order valence-electron chi connectivity index (χ2n) is 10.9. The monoisotopic (exact) mass is 542 g/mol. The van der Waals surface area contributed by atoms with Crippen LogP contribution in [0.2, 0.25) is 0 Å². The van der Waals surface area contributed by atoms with Crippen LogP contribution >= 0.6 is 0 Å². The Morgan fingerprint density at radius 1 is 0.974 bits per heavy atom. The highest BCUT2D eigenvalue weighted by Gasteiger charge is 2.40. The minimum atomic E-state index is -3.97. The maximum atomic E-state index is 13.5. The molecule has 0 spiro atoms. The molecule has 0 aromatic heterocycles. The maximum absolute atomic E-state index is 13.5. The van der Waals surface area contributed by atoms with E-state index >= 15 is 0 Å². The van der Waals surface area contributed by atoms with E-state index in [9.17, 15) is 22.8 Å². The van der Waals surface area contributed by atoms with Gasteiger partial charge < -0.3 is 15.5 Å². The van der Waals surface area contributed by atoms with Gasteiger partial charge in [0.1, 0.15) is 6.04 Å². The van der Waals surface area contributed by atoms with Crippen LogP contribution in [-0.2, 0) is 31.0 Å². The van der Waals surface area contributed by atoms with Crippen LogP contribution in [0.3, 0.4) is 0 Å². The van der Waals surface area contributed by atoms with Crippen LogP contribution < -0.4 is 10.6 Å². The van der Waals surface area contributed by atoms with Gasteiger partial charge in [-0.25, -0.2) is 8.42 Å². The minimum Gasteiger partial charge on any atom is -0.351 e. The molecule has 1 heterocycles. The van der Waals surface area contributed by atoms with Crippen LogP contribution in [0.1, 0.15) is 58.6 Å². The third-order valence-corrected chi connectivity index (χ3v) is 8.51. The molecule has 1 unspecified atom stereocenters. The van der Waals surface area contributed by atoms with Crippen LogP contribution in [0.5, 0.6) is 0 Å². The fourth-order valence-corrected chi connectivity index (χ4v) is 5.62. The smallest absolute Gasteiger partial charge is 0.243 e. The second kappa shape index (κ2) is 11.7. The average Bonchev–Trinajstić information content (AvgIpc) is 2.87. The van der Waals surface area contributed by atoms with Crippen molar-refractivity contribution in [3.63, 3.8) is 0 Å². The van der Waals surface area contributed by atoms with Crippen molar-refractivity contribution >= 4 is 33.4 Å². The summed E-state index contributed by atoms with van der Waals surface area (Å²) in [4.78, 5) is 39.1. The molecule has 0 saturated carbocycles. The summed E-state index contributed by atoms with van der Waals surface area (Å²) in [5, 5.41) is 5.67.